The van der Waals surface area contributed by atoms with E-state index in [1.807, 2.05) is 0 Å². The molecule has 0 aromatic heterocycles. The first-order valence-electron chi connectivity index (χ1n) is 8.36. The summed E-state index contributed by atoms with van der Waals surface area (Å²) >= 11 is 0. The molecule has 0 aliphatic carbocycles. The number of likely N-dealkylation sites (tertiary alicyclic amines) is 1. The molecule has 1 aliphatic rings. The lowest BCUT2D eigenvalue weighted by Gasteiger charge is -2.27. The lowest BCUT2D eigenvalue weighted by Crippen LogP contribution is -2.31. The molecule has 1 amide bonds. The summed E-state index contributed by atoms with van der Waals surface area (Å²) in [5.74, 6) is 1.65. The molecular formula is C17H34N2O. The van der Waals surface area contributed by atoms with Gasteiger partial charge in [0.25, 0.3) is 0 Å². The number of amides is 1. The van der Waals surface area contributed by atoms with Gasteiger partial charge in [-0.2, -0.15) is 0 Å². The van der Waals surface area contributed by atoms with E-state index in [-0.39, 0.29) is 0 Å². The van der Waals surface area contributed by atoms with Crippen LogP contribution in [-0.2, 0) is 4.79 Å². The third kappa shape index (κ3) is 5.43. The van der Waals surface area contributed by atoms with Crippen molar-refractivity contribution in [1.29, 1.82) is 0 Å². The molecule has 20 heavy (non-hydrogen) atoms. The van der Waals surface area contributed by atoms with E-state index < -0.39 is 0 Å². The fourth-order valence-corrected chi connectivity index (χ4v) is 3.26. The Balaban J connectivity index is 2.36. The van der Waals surface area contributed by atoms with Crippen molar-refractivity contribution >= 4 is 5.91 Å². The van der Waals surface area contributed by atoms with Crippen LogP contribution < -0.4 is 5.73 Å². The second-order valence-electron chi connectivity index (χ2n) is 7.46. The molecule has 1 aliphatic heterocycles. The first-order valence-corrected chi connectivity index (χ1v) is 8.36. The zero-order chi connectivity index (χ0) is 15.2. The molecule has 0 radical (unpaired) electrons. The van der Waals surface area contributed by atoms with E-state index in [0.29, 0.717) is 29.6 Å². The van der Waals surface area contributed by atoms with Gasteiger partial charge in [0.05, 0.1) is 0 Å². The van der Waals surface area contributed by atoms with E-state index >= 15 is 0 Å². The van der Waals surface area contributed by atoms with Gasteiger partial charge in [0, 0.05) is 19.5 Å². The zero-order valence-corrected chi connectivity index (χ0v) is 14.0. The van der Waals surface area contributed by atoms with Gasteiger partial charge < -0.3 is 10.6 Å². The molecule has 2 N–H and O–H groups in total. The molecule has 3 nitrogen and oxygen atoms in total. The average molecular weight is 282 g/mol. The van der Waals surface area contributed by atoms with Crippen molar-refractivity contribution in [1.82, 2.24) is 4.90 Å². The van der Waals surface area contributed by atoms with Crippen LogP contribution in [0.1, 0.15) is 66.2 Å². The van der Waals surface area contributed by atoms with Crippen molar-refractivity contribution in [3.63, 3.8) is 0 Å². The molecule has 2 atom stereocenters. The molecule has 0 saturated carbocycles. The molecule has 0 spiro atoms. The summed E-state index contributed by atoms with van der Waals surface area (Å²) in [6, 6.07) is 0. The molecule has 0 aromatic carbocycles. The van der Waals surface area contributed by atoms with Crippen molar-refractivity contribution in [2.24, 2.45) is 23.0 Å². The Morgan fingerprint density at radius 1 is 1.30 bits per heavy atom. The van der Waals surface area contributed by atoms with E-state index in [1.165, 1.54) is 12.8 Å². The fraction of sp³-hybridized carbons (Fsp3) is 0.941. The molecule has 1 saturated heterocycles. The van der Waals surface area contributed by atoms with Gasteiger partial charge in [-0.15, -0.1) is 0 Å². The van der Waals surface area contributed by atoms with Crippen molar-refractivity contribution in [2.45, 2.75) is 66.2 Å². The van der Waals surface area contributed by atoms with Gasteiger partial charge in [-0.1, -0.05) is 40.5 Å². The van der Waals surface area contributed by atoms with Crippen LogP contribution in [0.2, 0.25) is 0 Å². The van der Waals surface area contributed by atoms with Crippen molar-refractivity contribution in [3.8, 4) is 0 Å². The van der Waals surface area contributed by atoms with Crippen LogP contribution in [0.25, 0.3) is 0 Å². The predicted octanol–water partition coefficient (Wildman–Crippen LogP) is 3.43. The zero-order valence-electron chi connectivity index (χ0n) is 14.0. The predicted molar refractivity (Wildman–Crippen MR) is 85.4 cm³/mol. The van der Waals surface area contributed by atoms with Crippen LogP contribution in [0.4, 0.5) is 0 Å². The fourth-order valence-electron chi connectivity index (χ4n) is 3.26. The third-order valence-corrected chi connectivity index (χ3v) is 4.80. The normalized spacial score (nSPS) is 21.2. The minimum absolute atomic E-state index is 0.319. The molecule has 3 heteroatoms. The topological polar surface area (TPSA) is 46.3 Å². The van der Waals surface area contributed by atoms with Crippen LogP contribution in [-0.4, -0.2) is 30.4 Å². The summed E-state index contributed by atoms with van der Waals surface area (Å²) < 4.78 is 0. The van der Waals surface area contributed by atoms with Crippen LogP contribution in [0, 0.1) is 17.3 Å². The van der Waals surface area contributed by atoms with Gasteiger partial charge >= 0.3 is 0 Å². The SMILES string of the molecule is CCCC(CCN)CCC(=O)N1CCC(C(C)(C)C)C1. The van der Waals surface area contributed by atoms with Crippen molar-refractivity contribution in [3.05, 3.63) is 0 Å². The summed E-state index contributed by atoms with van der Waals surface area (Å²) in [6.07, 6.45) is 6.34. The largest absolute Gasteiger partial charge is 0.342 e. The van der Waals surface area contributed by atoms with Crippen LogP contribution in [0.3, 0.4) is 0 Å². The van der Waals surface area contributed by atoms with E-state index in [2.05, 4.69) is 32.6 Å². The van der Waals surface area contributed by atoms with Crippen molar-refractivity contribution in [2.75, 3.05) is 19.6 Å². The second kappa shape index (κ2) is 8.02. The minimum atomic E-state index is 0.319. The lowest BCUT2D eigenvalue weighted by atomic mass is 9.80. The van der Waals surface area contributed by atoms with Gasteiger partial charge in [0.15, 0.2) is 0 Å². The summed E-state index contributed by atoms with van der Waals surface area (Å²) in [4.78, 5) is 14.4. The lowest BCUT2D eigenvalue weighted by molar-refractivity contribution is -0.130. The summed E-state index contributed by atoms with van der Waals surface area (Å²) in [7, 11) is 0. The van der Waals surface area contributed by atoms with Gasteiger partial charge in [-0.3, -0.25) is 4.79 Å². The highest BCUT2D eigenvalue weighted by molar-refractivity contribution is 5.76. The Kier molecular flexibility index (Phi) is 7.01. The summed E-state index contributed by atoms with van der Waals surface area (Å²) in [5.41, 5.74) is 5.98. The second-order valence-corrected chi connectivity index (χ2v) is 7.46. The molecule has 0 bridgehead atoms. The number of carbonyl (C=O) groups is 1. The Labute approximate surface area is 125 Å². The highest BCUT2D eigenvalue weighted by atomic mass is 16.2. The highest BCUT2D eigenvalue weighted by Gasteiger charge is 2.33. The quantitative estimate of drug-likeness (QED) is 0.777. The number of hydrogen-bond acceptors (Lipinski definition) is 2. The molecule has 2 unspecified atom stereocenters. The average Bonchev–Trinajstić information content (AvgIpc) is 2.85. The Morgan fingerprint density at radius 2 is 2.00 bits per heavy atom. The Morgan fingerprint density at radius 3 is 2.50 bits per heavy atom. The van der Waals surface area contributed by atoms with E-state index in [4.69, 9.17) is 5.73 Å². The maximum atomic E-state index is 12.3. The standard InChI is InChI=1S/C17H34N2O/c1-5-6-14(9-11-18)7-8-16(20)19-12-10-15(13-19)17(2,3)4/h14-15H,5-13,18H2,1-4H3. The van der Waals surface area contributed by atoms with Gasteiger partial charge in [-0.25, -0.2) is 0 Å². The number of nitrogens with two attached hydrogens (primary N) is 1. The molecule has 1 heterocycles. The third-order valence-electron chi connectivity index (χ3n) is 4.80. The number of rotatable bonds is 7. The van der Waals surface area contributed by atoms with E-state index in [9.17, 15) is 4.79 Å². The molecular weight excluding hydrogens is 248 g/mol. The number of hydrogen-bond donors (Lipinski definition) is 1. The monoisotopic (exact) mass is 282 g/mol. The first-order chi connectivity index (χ1) is 9.38. The maximum Gasteiger partial charge on any atom is 0.222 e. The van der Waals surface area contributed by atoms with Gasteiger partial charge in [0.2, 0.25) is 5.91 Å². The Bertz CT molecular complexity index is 290. The highest BCUT2D eigenvalue weighted by Crippen LogP contribution is 2.34. The van der Waals surface area contributed by atoms with Gasteiger partial charge in [0.1, 0.15) is 0 Å². The molecule has 1 rings (SSSR count). The summed E-state index contributed by atoms with van der Waals surface area (Å²) in [5, 5.41) is 0. The smallest absolute Gasteiger partial charge is 0.222 e. The molecule has 1 fully saturated rings. The van der Waals surface area contributed by atoms with Crippen LogP contribution in [0.15, 0.2) is 0 Å². The first kappa shape index (κ1) is 17.5. The minimum Gasteiger partial charge on any atom is -0.342 e. The molecule has 0 aromatic rings. The summed E-state index contributed by atoms with van der Waals surface area (Å²) in [6.45, 7) is 11.7. The number of carbonyl (C=O) groups excluding carboxylic acids is 1. The maximum absolute atomic E-state index is 12.3. The number of nitrogens with zero attached hydrogens (tertiary/aromatic N) is 1. The Hall–Kier alpha value is -0.570. The van der Waals surface area contributed by atoms with E-state index in [1.54, 1.807) is 0 Å². The van der Waals surface area contributed by atoms with Crippen LogP contribution in [0.5, 0.6) is 0 Å². The van der Waals surface area contributed by atoms with Gasteiger partial charge in [-0.05, 0) is 43.1 Å². The molecule has 118 valence electrons. The van der Waals surface area contributed by atoms with Crippen molar-refractivity contribution < 1.29 is 4.79 Å². The van der Waals surface area contributed by atoms with Crippen LogP contribution >= 0.6 is 0 Å². The van der Waals surface area contributed by atoms with E-state index in [0.717, 1.165) is 38.9 Å².